The number of hydrogen-bond acceptors (Lipinski definition) is 6. The fourth-order valence-corrected chi connectivity index (χ4v) is 1.98. The molecule has 1 atom stereocenters. The molecular formula is C12H16FN3O4. The van der Waals surface area contributed by atoms with Crippen LogP contribution in [0.5, 0.6) is 5.75 Å². The van der Waals surface area contributed by atoms with Crippen molar-refractivity contribution in [1.29, 1.82) is 0 Å². The molecule has 1 aliphatic rings. The van der Waals surface area contributed by atoms with Crippen LogP contribution in [0.2, 0.25) is 0 Å². The van der Waals surface area contributed by atoms with Crippen LogP contribution in [-0.2, 0) is 4.74 Å². The van der Waals surface area contributed by atoms with Crippen LogP contribution in [0.15, 0.2) is 12.1 Å². The zero-order valence-electron chi connectivity index (χ0n) is 11.0. The average molecular weight is 285 g/mol. The largest absolute Gasteiger partial charge is 0.494 e. The molecule has 1 aromatic rings. The summed E-state index contributed by atoms with van der Waals surface area (Å²) in [6, 6.07) is 2.20. The molecule has 1 fully saturated rings. The molecule has 1 unspecified atom stereocenters. The van der Waals surface area contributed by atoms with Gasteiger partial charge in [0.1, 0.15) is 5.69 Å². The highest BCUT2D eigenvalue weighted by molar-refractivity contribution is 5.64. The van der Waals surface area contributed by atoms with Crippen molar-refractivity contribution in [2.75, 3.05) is 38.7 Å². The van der Waals surface area contributed by atoms with E-state index in [0.29, 0.717) is 19.8 Å². The van der Waals surface area contributed by atoms with E-state index in [4.69, 9.17) is 9.47 Å². The molecule has 1 heterocycles. The standard InChI is InChI=1S/C12H16FN3O4/c1-19-12-5-10(11(16(17)18)4-9(12)13)15-6-8-7-20-3-2-14-8/h4-5,8,14-15H,2-3,6-7H2,1H3. The number of nitro benzene ring substituents is 1. The van der Waals surface area contributed by atoms with Crippen LogP contribution in [0.3, 0.4) is 0 Å². The Morgan fingerprint density at radius 2 is 2.45 bits per heavy atom. The lowest BCUT2D eigenvalue weighted by Gasteiger charge is -2.24. The van der Waals surface area contributed by atoms with Crippen molar-refractivity contribution in [3.05, 3.63) is 28.1 Å². The van der Waals surface area contributed by atoms with Crippen LogP contribution in [0.4, 0.5) is 15.8 Å². The maximum Gasteiger partial charge on any atom is 0.295 e. The van der Waals surface area contributed by atoms with Crippen LogP contribution in [0.25, 0.3) is 0 Å². The maximum atomic E-state index is 13.5. The number of hydrogen-bond donors (Lipinski definition) is 2. The molecule has 2 rings (SSSR count). The number of ether oxygens (including phenoxy) is 2. The molecule has 20 heavy (non-hydrogen) atoms. The van der Waals surface area contributed by atoms with Crippen LogP contribution in [0.1, 0.15) is 0 Å². The number of nitrogens with zero attached hydrogens (tertiary/aromatic N) is 1. The SMILES string of the molecule is COc1cc(NCC2COCCN2)c([N+](=O)[O-])cc1F. The molecule has 0 bridgehead atoms. The van der Waals surface area contributed by atoms with Gasteiger partial charge < -0.3 is 20.1 Å². The summed E-state index contributed by atoms with van der Waals surface area (Å²) in [5.74, 6) is -0.796. The average Bonchev–Trinajstić information content (AvgIpc) is 2.46. The smallest absolute Gasteiger partial charge is 0.295 e. The number of halogens is 1. The quantitative estimate of drug-likeness (QED) is 0.623. The number of rotatable bonds is 5. The van der Waals surface area contributed by atoms with Gasteiger partial charge in [-0.2, -0.15) is 0 Å². The molecule has 1 aliphatic heterocycles. The van der Waals surface area contributed by atoms with Crippen LogP contribution in [0, 0.1) is 15.9 Å². The predicted molar refractivity (Wildman–Crippen MR) is 70.7 cm³/mol. The number of morpholine rings is 1. The molecule has 0 spiro atoms. The van der Waals surface area contributed by atoms with Crippen molar-refractivity contribution in [2.45, 2.75) is 6.04 Å². The first-order valence-corrected chi connectivity index (χ1v) is 6.18. The summed E-state index contributed by atoms with van der Waals surface area (Å²) >= 11 is 0. The Hall–Kier alpha value is -1.93. The summed E-state index contributed by atoms with van der Waals surface area (Å²) in [7, 11) is 1.31. The van der Waals surface area contributed by atoms with E-state index in [9.17, 15) is 14.5 Å². The molecule has 7 nitrogen and oxygen atoms in total. The Labute approximate surface area is 115 Å². The zero-order chi connectivity index (χ0) is 14.5. The van der Waals surface area contributed by atoms with Crippen molar-refractivity contribution in [3.63, 3.8) is 0 Å². The molecule has 1 aromatic carbocycles. The number of nitro groups is 1. The monoisotopic (exact) mass is 285 g/mol. The Morgan fingerprint density at radius 1 is 1.65 bits per heavy atom. The minimum Gasteiger partial charge on any atom is -0.494 e. The van der Waals surface area contributed by atoms with E-state index in [1.165, 1.54) is 13.2 Å². The molecule has 0 amide bonds. The van der Waals surface area contributed by atoms with Gasteiger partial charge in [-0.1, -0.05) is 0 Å². The third-order valence-corrected chi connectivity index (χ3v) is 3.00. The predicted octanol–water partition coefficient (Wildman–Crippen LogP) is 1.14. The summed E-state index contributed by atoms with van der Waals surface area (Å²) in [5.41, 5.74) is -0.0966. The maximum absolute atomic E-state index is 13.5. The van der Waals surface area contributed by atoms with Gasteiger partial charge in [-0.3, -0.25) is 10.1 Å². The normalized spacial score (nSPS) is 18.6. The van der Waals surface area contributed by atoms with Gasteiger partial charge in [0, 0.05) is 25.2 Å². The number of benzene rings is 1. The van der Waals surface area contributed by atoms with Crippen LogP contribution in [-0.4, -0.2) is 44.4 Å². The van der Waals surface area contributed by atoms with Crippen LogP contribution < -0.4 is 15.4 Å². The van der Waals surface area contributed by atoms with Crippen molar-refractivity contribution in [2.24, 2.45) is 0 Å². The summed E-state index contributed by atoms with van der Waals surface area (Å²) in [5, 5.41) is 17.1. The van der Waals surface area contributed by atoms with E-state index in [2.05, 4.69) is 10.6 Å². The Kier molecular flexibility index (Phi) is 4.70. The molecule has 2 N–H and O–H groups in total. The van der Waals surface area contributed by atoms with Gasteiger partial charge in [-0.05, 0) is 0 Å². The molecule has 110 valence electrons. The van der Waals surface area contributed by atoms with E-state index in [1.807, 2.05) is 0 Å². The van der Waals surface area contributed by atoms with Gasteiger partial charge in [0.15, 0.2) is 11.6 Å². The summed E-state index contributed by atoms with van der Waals surface area (Å²) in [4.78, 5) is 10.3. The number of anilines is 1. The van der Waals surface area contributed by atoms with E-state index < -0.39 is 10.7 Å². The van der Waals surface area contributed by atoms with Gasteiger partial charge in [0.25, 0.3) is 5.69 Å². The Balaban J connectivity index is 2.13. The van der Waals surface area contributed by atoms with Crippen molar-refractivity contribution < 1.29 is 18.8 Å². The second-order valence-corrected chi connectivity index (χ2v) is 4.37. The topological polar surface area (TPSA) is 85.7 Å². The van der Waals surface area contributed by atoms with Gasteiger partial charge in [0.05, 0.1) is 31.3 Å². The highest BCUT2D eigenvalue weighted by Gasteiger charge is 2.20. The van der Waals surface area contributed by atoms with Gasteiger partial charge in [0.2, 0.25) is 0 Å². The second-order valence-electron chi connectivity index (χ2n) is 4.37. The fourth-order valence-electron chi connectivity index (χ4n) is 1.98. The van der Waals surface area contributed by atoms with E-state index in [0.717, 1.165) is 12.6 Å². The summed E-state index contributed by atoms with van der Waals surface area (Å²) in [6.07, 6.45) is 0. The number of nitrogens with one attached hydrogen (secondary N) is 2. The Morgan fingerprint density at radius 3 is 3.05 bits per heavy atom. The van der Waals surface area contributed by atoms with Crippen molar-refractivity contribution in [3.8, 4) is 5.75 Å². The van der Waals surface area contributed by atoms with Gasteiger partial charge in [-0.25, -0.2) is 4.39 Å². The Bertz CT molecular complexity index is 492. The van der Waals surface area contributed by atoms with E-state index in [-0.39, 0.29) is 23.2 Å². The third-order valence-electron chi connectivity index (χ3n) is 3.00. The van der Waals surface area contributed by atoms with Crippen LogP contribution >= 0.6 is 0 Å². The lowest BCUT2D eigenvalue weighted by molar-refractivity contribution is -0.384. The molecule has 0 aromatic heterocycles. The minimum absolute atomic E-state index is 0.0362. The lowest BCUT2D eigenvalue weighted by atomic mass is 10.2. The molecular weight excluding hydrogens is 269 g/mol. The minimum atomic E-state index is -0.760. The first-order chi connectivity index (χ1) is 9.61. The first kappa shape index (κ1) is 14.5. The first-order valence-electron chi connectivity index (χ1n) is 6.18. The zero-order valence-corrected chi connectivity index (χ0v) is 11.0. The van der Waals surface area contributed by atoms with E-state index in [1.54, 1.807) is 0 Å². The molecule has 0 saturated carbocycles. The summed E-state index contributed by atoms with van der Waals surface area (Å²) in [6.45, 7) is 2.36. The van der Waals surface area contributed by atoms with Crippen molar-refractivity contribution in [1.82, 2.24) is 5.32 Å². The second kappa shape index (κ2) is 6.49. The van der Waals surface area contributed by atoms with Gasteiger partial charge >= 0.3 is 0 Å². The molecule has 0 radical (unpaired) electrons. The van der Waals surface area contributed by atoms with E-state index >= 15 is 0 Å². The molecule has 8 heteroatoms. The highest BCUT2D eigenvalue weighted by Crippen LogP contribution is 2.31. The fraction of sp³-hybridized carbons (Fsp3) is 0.500. The summed E-state index contributed by atoms with van der Waals surface area (Å²) < 4.78 is 23.6. The third kappa shape index (κ3) is 3.34. The highest BCUT2D eigenvalue weighted by atomic mass is 19.1. The van der Waals surface area contributed by atoms with Crippen molar-refractivity contribution >= 4 is 11.4 Å². The number of methoxy groups -OCH3 is 1. The lowest BCUT2D eigenvalue weighted by Crippen LogP contribution is -2.45. The molecule has 0 aliphatic carbocycles. The molecule has 1 saturated heterocycles. The van der Waals surface area contributed by atoms with Gasteiger partial charge in [-0.15, -0.1) is 0 Å².